The number of benzene rings is 2. The first-order chi connectivity index (χ1) is 12.7. The van der Waals surface area contributed by atoms with Gasteiger partial charge < -0.3 is 30.0 Å². The number of hydrogen-bond donors (Lipinski definition) is 2. The molecule has 1 heterocycles. The molecule has 3 rings (SSSR count). The summed E-state index contributed by atoms with van der Waals surface area (Å²) in [5.41, 5.74) is 6.88. The summed E-state index contributed by atoms with van der Waals surface area (Å²) in [6.45, 7) is 3.17. The van der Waals surface area contributed by atoms with Gasteiger partial charge in [-0.1, -0.05) is 0 Å². The molecule has 1 aliphatic rings. The van der Waals surface area contributed by atoms with Gasteiger partial charge in [0.05, 0.1) is 24.6 Å². The molecule has 138 valence electrons. The number of carbonyl (C=O) groups excluding carboxylic acids is 1. The Morgan fingerprint density at radius 2 is 1.77 bits per heavy atom. The lowest BCUT2D eigenvalue weighted by Crippen LogP contribution is -2.14. The number of anilines is 2. The maximum atomic E-state index is 12.1. The maximum Gasteiger partial charge on any atom is 0.231 e. The number of nitrogens with two attached hydrogens (primary N) is 1. The number of amides is 1. The summed E-state index contributed by atoms with van der Waals surface area (Å²) in [5.74, 6) is 2.58. The lowest BCUT2D eigenvalue weighted by Gasteiger charge is -2.10. The van der Waals surface area contributed by atoms with E-state index in [1.165, 1.54) is 0 Å². The predicted molar refractivity (Wildman–Crippen MR) is 97.9 cm³/mol. The minimum Gasteiger partial charge on any atom is -0.494 e. The van der Waals surface area contributed by atoms with Crippen LogP contribution in [0.2, 0.25) is 0 Å². The Balaban J connectivity index is 1.42. The quantitative estimate of drug-likeness (QED) is 0.556. The summed E-state index contributed by atoms with van der Waals surface area (Å²) < 4.78 is 21.5. The molecule has 0 saturated heterocycles. The first-order valence-corrected chi connectivity index (χ1v) is 8.50. The van der Waals surface area contributed by atoms with Crippen LogP contribution in [0.3, 0.4) is 0 Å². The van der Waals surface area contributed by atoms with Crippen LogP contribution in [0.15, 0.2) is 36.4 Å². The molecule has 0 radical (unpaired) electrons. The second-order valence-corrected chi connectivity index (χ2v) is 5.70. The van der Waals surface area contributed by atoms with Crippen LogP contribution in [0.1, 0.15) is 19.8 Å². The summed E-state index contributed by atoms with van der Waals surface area (Å²) in [6, 6.07) is 10.7. The Kier molecular flexibility index (Phi) is 5.68. The molecular weight excluding hydrogens is 336 g/mol. The van der Waals surface area contributed by atoms with Gasteiger partial charge in [-0.15, -0.1) is 0 Å². The molecule has 26 heavy (non-hydrogen) atoms. The molecule has 0 saturated carbocycles. The number of nitrogens with one attached hydrogen (secondary N) is 1. The van der Waals surface area contributed by atoms with E-state index in [9.17, 15) is 4.79 Å². The van der Waals surface area contributed by atoms with E-state index in [4.69, 9.17) is 24.7 Å². The van der Waals surface area contributed by atoms with Gasteiger partial charge in [0, 0.05) is 18.6 Å². The number of ether oxygens (including phenoxy) is 4. The minimum atomic E-state index is -0.133. The molecule has 0 fully saturated rings. The van der Waals surface area contributed by atoms with Crippen LogP contribution in [0.5, 0.6) is 23.0 Å². The van der Waals surface area contributed by atoms with Crippen LogP contribution >= 0.6 is 0 Å². The van der Waals surface area contributed by atoms with Crippen LogP contribution in [0.25, 0.3) is 0 Å². The molecule has 2 aromatic carbocycles. The fourth-order valence-corrected chi connectivity index (χ4v) is 2.50. The average Bonchev–Trinajstić information content (AvgIpc) is 3.08. The van der Waals surface area contributed by atoms with Crippen LogP contribution < -0.4 is 30.0 Å². The minimum absolute atomic E-state index is 0.133. The number of carbonyl (C=O) groups is 1. The molecule has 0 unspecified atom stereocenters. The molecule has 0 bridgehead atoms. The average molecular weight is 358 g/mol. The van der Waals surface area contributed by atoms with Crippen molar-refractivity contribution in [2.75, 3.05) is 31.1 Å². The summed E-state index contributed by atoms with van der Waals surface area (Å²) in [4.78, 5) is 12.1. The molecular formula is C19H22N2O5. The second kappa shape index (κ2) is 8.33. The van der Waals surface area contributed by atoms with Gasteiger partial charge in [0.15, 0.2) is 11.5 Å². The molecule has 1 aliphatic heterocycles. The third-order valence-electron chi connectivity index (χ3n) is 3.77. The van der Waals surface area contributed by atoms with Crippen molar-refractivity contribution in [2.24, 2.45) is 0 Å². The van der Waals surface area contributed by atoms with Crippen molar-refractivity contribution in [3.63, 3.8) is 0 Å². The highest BCUT2D eigenvalue weighted by Crippen LogP contribution is 2.38. The Morgan fingerprint density at radius 3 is 2.46 bits per heavy atom. The highest BCUT2D eigenvalue weighted by molar-refractivity contribution is 5.94. The van der Waals surface area contributed by atoms with Crippen molar-refractivity contribution in [3.8, 4) is 23.0 Å². The van der Waals surface area contributed by atoms with E-state index < -0.39 is 0 Å². The van der Waals surface area contributed by atoms with Crippen molar-refractivity contribution in [1.82, 2.24) is 0 Å². The van der Waals surface area contributed by atoms with Gasteiger partial charge in [0.2, 0.25) is 12.7 Å². The van der Waals surface area contributed by atoms with E-state index >= 15 is 0 Å². The highest BCUT2D eigenvalue weighted by Gasteiger charge is 2.17. The fourth-order valence-electron chi connectivity index (χ4n) is 2.50. The molecule has 0 atom stereocenters. The normalized spacial score (nSPS) is 11.9. The third kappa shape index (κ3) is 4.50. The second-order valence-electron chi connectivity index (χ2n) is 5.70. The molecule has 0 spiro atoms. The van der Waals surface area contributed by atoms with Gasteiger partial charge in [-0.3, -0.25) is 4.79 Å². The molecule has 0 aromatic heterocycles. The Hall–Kier alpha value is -3.09. The zero-order valence-corrected chi connectivity index (χ0v) is 14.6. The van der Waals surface area contributed by atoms with Gasteiger partial charge >= 0.3 is 0 Å². The number of fused-ring (bicyclic) bond motifs is 1. The van der Waals surface area contributed by atoms with Gasteiger partial charge in [-0.25, -0.2) is 0 Å². The fraction of sp³-hybridized carbons (Fsp3) is 0.316. The molecule has 7 heteroatoms. The zero-order valence-electron chi connectivity index (χ0n) is 14.6. The lowest BCUT2D eigenvalue weighted by molar-refractivity contribution is -0.116. The summed E-state index contributed by atoms with van der Waals surface area (Å²) in [7, 11) is 0. The number of hydrogen-bond acceptors (Lipinski definition) is 6. The standard InChI is InChI=1S/C19H22N2O5/c1-2-23-13-5-7-14(8-6-13)24-9-3-4-19(22)21-16-11-18-17(10-15(16)20)25-12-26-18/h5-8,10-11H,2-4,9,12,20H2,1H3,(H,21,22). The SMILES string of the molecule is CCOc1ccc(OCCCC(=O)Nc2cc3c(cc2N)OCO3)cc1. The van der Waals surface area contributed by atoms with E-state index in [0.717, 1.165) is 11.5 Å². The van der Waals surface area contributed by atoms with Crippen molar-refractivity contribution in [3.05, 3.63) is 36.4 Å². The van der Waals surface area contributed by atoms with Crippen molar-refractivity contribution < 1.29 is 23.7 Å². The monoisotopic (exact) mass is 358 g/mol. The zero-order chi connectivity index (χ0) is 18.4. The van der Waals surface area contributed by atoms with Crippen LogP contribution in [0.4, 0.5) is 11.4 Å². The Labute approximate surface area is 152 Å². The van der Waals surface area contributed by atoms with Crippen LogP contribution in [-0.4, -0.2) is 25.9 Å². The van der Waals surface area contributed by atoms with Gasteiger partial charge in [-0.05, 0) is 37.6 Å². The molecule has 2 aromatic rings. The van der Waals surface area contributed by atoms with Crippen molar-refractivity contribution in [1.29, 1.82) is 0 Å². The third-order valence-corrected chi connectivity index (χ3v) is 3.77. The van der Waals surface area contributed by atoms with Gasteiger partial charge in [0.1, 0.15) is 11.5 Å². The molecule has 7 nitrogen and oxygen atoms in total. The van der Waals surface area contributed by atoms with E-state index in [2.05, 4.69) is 5.32 Å². The van der Waals surface area contributed by atoms with Crippen LogP contribution in [0, 0.1) is 0 Å². The van der Waals surface area contributed by atoms with E-state index in [1.807, 2.05) is 31.2 Å². The first-order valence-electron chi connectivity index (χ1n) is 8.50. The number of nitrogen functional groups attached to an aromatic ring is 1. The van der Waals surface area contributed by atoms with Crippen molar-refractivity contribution in [2.45, 2.75) is 19.8 Å². The van der Waals surface area contributed by atoms with Crippen molar-refractivity contribution >= 4 is 17.3 Å². The predicted octanol–water partition coefficient (Wildman–Crippen LogP) is 3.19. The molecule has 3 N–H and O–H groups in total. The summed E-state index contributed by atoms with van der Waals surface area (Å²) in [6.07, 6.45) is 0.911. The summed E-state index contributed by atoms with van der Waals surface area (Å²) >= 11 is 0. The van der Waals surface area contributed by atoms with E-state index in [1.54, 1.807) is 12.1 Å². The molecule has 0 aliphatic carbocycles. The van der Waals surface area contributed by atoms with E-state index in [0.29, 0.717) is 48.9 Å². The largest absolute Gasteiger partial charge is 0.494 e. The maximum absolute atomic E-state index is 12.1. The first kappa shape index (κ1) is 17.7. The molecule has 1 amide bonds. The van der Waals surface area contributed by atoms with Gasteiger partial charge in [-0.2, -0.15) is 0 Å². The Morgan fingerprint density at radius 1 is 1.12 bits per heavy atom. The van der Waals surface area contributed by atoms with Gasteiger partial charge in [0.25, 0.3) is 0 Å². The number of rotatable bonds is 8. The Bertz CT molecular complexity index is 761. The smallest absolute Gasteiger partial charge is 0.231 e. The van der Waals surface area contributed by atoms with E-state index in [-0.39, 0.29) is 12.7 Å². The highest BCUT2D eigenvalue weighted by atomic mass is 16.7. The van der Waals surface area contributed by atoms with Crippen LogP contribution in [-0.2, 0) is 4.79 Å². The lowest BCUT2D eigenvalue weighted by atomic mass is 10.2. The topological polar surface area (TPSA) is 92.0 Å². The summed E-state index contributed by atoms with van der Waals surface area (Å²) in [5, 5.41) is 2.79.